The van der Waals surface area contributed by atoms with E-state index in [1.807, 2.05) is 24.7 Å². The van der Waals surface area contributed by atoms with Crippen molar-refractivity contribution in [3.8, 4) is 0 Å². The van der Waals surface area contributed by atoms with Gasteiger partial charge in [0.15, 0.2) is 0 Å². The molecule has 5 nitrogen and oxygen atoms in total. The van der Waals surface area contributed by atoms with Gasteiger partial charge in [-0.1, -0.05) is 0 Å². The standard InChI is InChI=1S/C10H15N3O2/c1-6-3-9(13(2)12-6)8-4-7(5-11-8)10(14)15/h3,7-8,11H,4-5H2,1-2H3,(H,14,15). The quantitative estimate of drug-likeness (QED) is 0.742. The molecule has 1 fully saturated rings. The van der Waals surface area contributed by atoms with Crippen LogP contribution in [0.25, 0.3) is 0 Å². The molecule has 82 valence electrons. The minimum Gasteiger partial charge on any atom is -0.481 e. The molecule has 0 aromatic carbocycles. The van der Waals surface area contributed by atoms with Crippen molar-refractivity contribution in [1.82, 2.24) is 15.1 Å². The van der Waals surface area contributed by atoms with Crippen LogP contribution in [0.15, 0.2) is 6.07 Å². The van der Waals surface area contributed by atoms with Crippen molar-refractivity contribution in [2.45, 2.75) is 19.4 Å². The lowest BCUT2D eigenvalue weighted by atomic mass is 10.0. The highest BCUT2D eigenvalue weighted by molar-refractivity contribution is 5.70. The smallest absolute Gasteiger partial charge is 0.307 e. The molecule has 2 rings (SSSR count). The summed E-state index contributed by atoms with van der Waals surface area (Å²) in [6.45, 7) is 2.48. The molecule has 0 saturated carbocycles. The van der Waals surface area contributed by atoms with Crippen LogP contribution in [-0.4, -0.2) is 27.4 Å². The zero-order valence-electron chi connectivity index (χ0n) is 8.90. The number of nitrogens with zero attached hydrogens (tertiary/aromatic N) is 2. The maximum absolute atomic E-state index is 10.8. The summed E-state index contributed by atoms with van der Waals surface area (Å²) in [6, 6.07) is 2.12. The number of hydrogen-bond acceptors (Lipinski definition) is 3. The number of rotatable bonds is 2. The Kier molecular flexibility index (Phi) is 2.48. The highest BCUT2D eigenvalue weighted by Crippen LogP contribution is 2.27. The van der Waals surface area contributed by atoms with E-state index in [0.29, 0.717) is 13.0 Å². The van der Waals surface area contributed by atoms with Crippen LogP contribution in [0.2, 0.25) is 0 Å². The van der Waals surface area contributed by atoms with Crippen LogP contribution in [0.1, 0.15) is 23.9 Å². The van der Waals surface area contributed by atoms with Gasteiger partial charge in [0.1, 0.15) is 0 Å². The van der Waals surface area contributed by atoms with E-state index in [-0.39, 0.29) is 12.0 Å². The van der Waals surface area contributed by atoms with E-state index in [9.17, 15) is 4.79 Å². The van der Waals surface area contributed by atoms with E-state index in [1.54, 1.807) is 0 Å². The molecule has 1 aromatic heterocycles. The Bertz CT molecular complexity index is 386. The molecule has 0 spiro atoms. The molecule has 0 amide bonds. The largest absolute Gasteiger partial charge is 0.481 e. The molecule has 0 radical (unpaired) electrons. The van der Waals surface area contributed by atoms with E-state index in [2.05, 4.69) is 10.4 Å². The van der Waals surface area contributed by atoms with Crippen molar-refractivity contribution < 1.29 is 9.90 Å². The lowest BCUT2D eigenvalue weighted by Crippen LogP contribution is -2.18. The van der Waals surface area contributed by atoms with Gasteiger partial charge in [-0.15, -0.1) is 0 Å². The van der Waals surface area contributed by atoms with Gasteiger partial charge in [0, 0.05) is 13.6 Å². The molecule has 2 atom stereocenters. The summed E-state index contributed by atoms with van der Waals surface area (Å²) in [7, 11) is 1.89. The van der Waals surface area contributed by atoms with Gasteiger partial charge in [-0.05, 0) is 19.4 Å². The molecule has 2 heterocycles. The second-order valence-corrected chi connectivity index (χ2v) is 4.07. The number of aryl methyl sites for hydroxylation is 2. The van der Waals surface area contributed by atoms with Crippen molar-refractivity contribution in [1.29, 1.82) is 0 Å². The molecule has 2 N–H and O–H groups in total. The fraction of sp³-hybridized carbons (Fsp3) is 0.600. The van der Waals surface area contributed by atoms with Gasteiger partial charge in [0.25, 0.3) is 0 Å². The Hall–Kier alpha value is -1.36. The first-order chi connectivity index (χ1) is 7.08. The summed E-state index contributed by atoms with van der Waals surface area (Å²) in [4.78, 5) is 10.8. The maximum Gasteiger partial charge on any atom is 0.307 e. The predicted octanol–water partition coefficient (Wildman–Crippen LogP) is 0.464. The SMILES string of the molecule is Cc1cc(C2CC(C(=O)O)CN2)n(C)n1. The number of hydrogen-bond donors (Lipinski definition) is 2. The fourth-order valence-electron chi connectivity index (χ4n) is 2.11. The van der Waals surface area contributed by atoms with Crippen molar-refractivity contribution >= 4 is 5.97 Å². The average molecular weight is 209 g/mol. The van der Waals surface area contributed by atoms with Gasteiger partial charge in [0.05, 0.1) is 23.3 Å². The zero-order chi connectivity index (χ0) is 11.0. The van der Waals surface area contributed by atoms with E-state index < -0.39 is 5.97 Å². The summed E-state index contributed by atoms with van der Waals surface area (Å²) in [5.74, 6) is -0.992. The topological polar surface area (TPSA) is 67.2 Å². The Morgan fingerprint density at radius 3 is 2.93 bits per heavy atom. The first-order valence-electron chi connectivity index (χ1n) is 5.04. The van der Waals surface area contributed by atoms with E-state index in [4.69, 9.17) is 5.11 Å². The van der Waals surface area contributed by atoms with Crippen molar-refractivity contribution in [2.75, 3.05) is 6.54 Å². The van der Waals surface area contributed by atoms with Crippen molar-refractivity contribution in [3.05, 3.63) is 17.5 Å². The highest BCUT2D eigenvalue weighted by Gasteiger charge is 2.31. The Morgan fingerprint density at radius 1 is 1.73 bits per heavy atom. The molecule has 1 aromatic rings. The van der Waals surface area contributed by atoms with Crippen molar-refractivity contribution in [3.63, 3.8) is 0 Å². The Balaban J connectivity index is 2.14. The van der Waals surface area contributed by atoms with Gasteiger partial charge in [-0.3, -0.25) is 9.48 Å². The minimum absolute atomic E-state index is 0.122. The number of carboxylic acid groups (broad SMARTS) is 1. The Morgan fingerprint density at radius 2 is 2.47 bits per heavy atom. The van der Waals surface area contributed by atoms with Crippen LogP contribution in [0, 0.1) is 12.8 Å². The normalized spacial score (nSPS) is 25.7. The van der Waals surface area contributed by atoms with Crippen LogP contribution >= 0.6 is 0 Å². The van der Waals surface area contributed by atoms with E-state index in [1.165, 1.54) is 0 Å². The molecule has 0 aliphatic carbocycles. The first kappa shape index (κ1) is 10.2. The minimum atomic E-state index is -0.719. The second kappa shape index (κ2) is 3.66. The van der Waals surface area contributed by atoms with Gasteiger partial charge >= 0.3 is 5.97 Å². The number of carbonyl (C=O) groups is 1. The number of aliphatic carboxylic acids is 1. The molecule has 15 heavy (non-hydrogen) atoms. The molecule has 1 saturated heterocycles. The molecule has 5 heteroatoms. The summed E-state index contributed by atoms with van der Waals surface area (Å²) in [5, 5.41) is 16.4. The summed E-state index contributed by atoms with van der Waals surface area (Å²) < 4.78 is 1.82. The van der Waals surface area contributed by atoms with Crippen LogP contribution in [0.4, 0.5) is 0 Å². The highest BCUT2D eigenvalue weighted by atomic mass is 16.4. The molecule has 2 unspecified atom stereocenters. The molecular weight excluding hydrogens is 194 g/mol. The monoisotopic (exact) mass is 209 g/mol. The molecule has 1 aliphatic heterocycles. The van der Waals surface area contributed by atoms with Crippen LogP contribution in [0.5, 0.6) is 0 Å². The first-order valence-corrected chi connectivity index (χ1v) is 5.04. The van der Waals surface area contributed by atoms with E-state index >= 15 is 0 Å². The number of nitrogens with one attached hydrogen (secondary N) is 1. The van der Waals surface area contributed by atoms with Crippen LogP contribution < -0.4 is 5.32 Å². The average Bonchev–Trinajstić information content (AvgIpc) is 2.71. The summed E-state index contributed by atoms with van der Waals surface area (Å²) >= 11 is 0. The van der Waals surface area contributed by atoms with Gasteiger partial charge in [-0.25, -0.2) is 0 Å². The van der Waals surface area contributed by atoms with Gasteiger partial charge in [0.2, 0.25) is 0 Å². The van der Waals surface area contributed by atoms with Crippen LogP contribution in [0.3, 0.4) is 0 Å². The summed E-state index contributed by atoms with van der Waals surface area (Å²) in [6.07, 6.45) is 0.647. The van der Waals surface area contributed by atoms with E-state index in [0.717, 1.165) is 11.4 Å². The Labute approximate surface area is 88.1 Å². The van der Waals surface area contributed by atoms with Crippen LogP contribution in [-0.2, 0) is 11.8 Å². The lowest BCUT2D eigenvalue weighted by Gasteiger charge is -2.09. The third-order valence-electron chi connectivity index (χ3n) is 2.88. The number of carboxylic acids is 1. The molecular formula is C10H15N3O2. The third-order valence-corrected chi connectivity index (χ3v) is 2.88. The van der Waals surface area contributed by atoms with Gasteiger partial charge < -0.3 is 10.4 Å². The summed E-state index contributed by atoms with van der Waals surface area (Å²) in [5.41, 5.74) is 2.03. The van der Waals surface area contributed by atoms with Crippen molar-refractivity contribution in [2.24, 2.45) is 13.0 Å². The predicted molar refractivity (Wildman–Crippen MR) is 54.4 cm³/mol. The zero-order valence-corrected chi connectivity index (χ0v) is 8.90. The van der Waals surface area contributed by atoms with Gasteiger partial charge in [-0.2, -0.15) is 5.10 Å². The second-order valence-electron chi connectivity index (χ2n) is 4.07. The lowest BCUT2D eigenvalue weighted by molar-refractivity contribution is -0.141. The number of aromatic nitrogens is 2. The maximum atomic E-state index is 10.8. The molecule has 1 aliphatic rings. The fourth-order valence-corrected chi connectivity index (χ4v) is 2.11. The third kappa shape index (κ3) is 1.87. The molecule has 0 bridgehead atoms.